The van der Waals surface area contributed by atoms with Crippen LogP contribution in [0.15, 0.2) is 6.33 Å². The molecule has 6 heteroatoms. The summed E-state index contributed by atoms with van der Waals surface area (Å²) in [5, 5.41) is 4.81. The van der Waals surface area contributed by atoms with E-state index in [1.807, 2.05) is 6.92 Å². The molecule has 0 unspecified atom stereocenters. The highest BCUT2D eigenvalue weighted by atomic mass is 35.5. The van der Waals surface area contributed by atoms with Crippen LogP contribution in [0.3, 0.4) is 0 Å². The molecule has 5 nitrogen and oxygen atoms in total. The van der Waals surface area contributed by atoms with Crippen molar-refractivity contribution < 1.29 is 0 Å². The zero-order valence-electron chi connectivity index (χ0n) is 12.2. The Labute approximate surface area is 124 Å². The van der Waals surface area contributed by atoms with Crippen molar-refractivity contribution >= 4 is 23.2 Å². The molecule has 3 rings (SSSR count). The first-order chi connectivity index (χ1) is 9.58. The summed E-state index contributed by atoms with van der Waals surface area (Å²) in [5.74, 6) is 3.18. The molecule has 0 aliphatic carbocycles. The Morgan fingerprint density at radius 1 is 1.30 bits per heavy atom. The van der Waals surface area contributed by atoms with Crippen molar-refractivity contribution in [3.63, 3.8) is 0 Å². The minimum absolute atomic E-state index is 0.520. The summed E-state index contributed by atoms with van der Waals surface area (Å²) in [6, 6.07) is 0. The fraction of sp³-hybridized carbons (Fsp3) is 0.643. The highest BCUT2D eigenvalue weighted by Gasteiger charge is 2.25. The molecule has 0 radical (unpaired) electrons. The number of nitrogens with zero attached hydrogens (tertiary/aromatic N) is 5. The van der Waals surface area contributed by atoms with Gasteiger partial charge in [0.1, 0.15) is 17.3 Å². The molecule has 0 saturated carbocycles. The summed E-state index contributed by atoms with van der Waals surface area (Å²) in [5.41, 5.74) is 0.979. The van der Waals surface area contributed by atoms with Gasteiger partial charge in [0.2, 0.25) is 0 Å². The van der Waals surface area contributed by atoms with Gasteiger partial charge in [0.25, 0.3) is 5.78 Å². The Balaban J connectivity index is 1.95. The van der Waals surface area contributed by atoms with E-state index in [2.05, 4.69) is 33.8 Å². The largest absolute Gasteiger partial charge is 0.356 e. The lowest BCUT2D eigenvalue weighted by molar-refractivity contribution is 0.310. The average molecular weight is 294 g/mol. The first kappa shape index (κ1) is 13.6. The number of aromatic nitrogens is 4. The van der Waals surface area contributed by atoms with Crippen molar-refractivity contribution in [1.82, 2.24) is 19.6 Å². The molecule has 1 aliphatic rings. The van der Waals surface area contributed by atoms with E-state index in [9.17, 15) is 0 Å². The van der Waals surface area contributed by atoms with Gasteiger partial charge >= 0.3 is 0 Å². The second-order valence-corrected chi connectivity index (χ2v) is 6.25. The number of piperidine rings is 1. The van der Waals surface area contributed by atoms with Crippen LogP contribution < -0.4 is 4.90 Å². The van der Waals surface area contributed by atoms with Crippen LogP contribution in [0, 0.1) is 18.8 Å². The van der Waals surface area contributed by atoms with E-state index < -0.39 is 0 Å². The summed E-state index contributed by atoms with van der Waals surface area (Å²) in [6.45, 7) is 8.70. The molecule has 2 aromatic rings. The topological polar surface area (TPSA) is 46.3 Å². The highest BCUT2D eigenvalue weighted by Crippen LogP contribution is 2.31. The quantitative estimate of drug-likeness (QED) is 0.799. The minimum atomic E-state index is 0.520. The first-order valence-electron chi connectivity index (χ1n) is 7.18. The van der Waals surface area contributed by atoms with Crippen molar-refractivity contribution in [2.75, 3.05) is 18.0 Å². The third-order valence-electron chi connectivity index (χ3n) is 4.36. The van der Waals surface area contributed by atoms with Crippen molar-refractivity contribution in [1.29, 1.82) is 0 Å². The zero-order chi connectivity index (χ0) is 14.3. The van der Waals surface area contributed by atoms with Gasteiger partial charge in [-0.2, -0.15) is 19.6 Å². The predicted octanol–water partition coefficient (Wildman–Crippen LogP) is 2.96. The summed E-state index contributed by atoms with van der Waals surface area (Å²) in [7, 11) is 0. The molecule has 1 aliphatic heterocycles. The number of anilines is 1. The van der Waals surface area contributed by atoms with Gasteiger partial charge in [-0.1, -0.05) is 25.4 Å². The van der Waals surface area contributed by atoms with E-state index >= 15 is 0 Å². The summed E-state index contributed by atoms with van der Waals surface area (Å²) in [4.78, 5) is 10.8. The molecular weight excluding hydrogens is 274 g/mol. The van der Waals surface area contributed by atoms with Crippen LogP contribution in [0.2, 0.25) is 5.15 Å². The van der Waals surface area contributed by atoms with Gasteiger partial charge in [0, 0.05) is 18.7 Å². The van der Waals surface area contributed by atoms with Gasteiger partial charge < -0.3 is 4.90 Å². The Hall–Kier alpha value is -1.36. The minimum Gasteiger partial charge on any atom is -0.356 e. The predicted molar refractivity (Wildman–Crippen MR) is 80.3 cm³/mol. The molecule has 0 aromatic carbocycles. The highest BCUT2D eigenvalue weighted by molar-refractivity contribution is 6.30. The molecule has 108 valence electrons. The molecule has 1 saturated heterocycles. The van der Waals surface area contributed by atoms with E-state index in [-0.39, 0.29) is 0 Å². The smallest absolute Gasteiger partial charge is 0.255 e. The standard InChI is InChI=1S/C14H20ClN5/c1-9(2)11-4-6-19(7-5-11)13-10(3)12(15)18-14-16-8-17-20(13)14/h8-9,11H,4-7H2,1-3H3. The monoisotopic (exact) mass is 293 g/mol. The third-order valence-corrected chi connectivity index (χ3v) is 4.72. The Bertz CT molecular complexity index is 613. The van der Waals surface area contributed by atoms with Crippen molar-refractivity contribution in [2.45, 2.75) is 33.6 Å². The lowest BCUT2D eigenvalue weighted by Crippen LogP contribution is -2.37. The molecule has 1 fully saturated rings. The van der Waals surface area contributed by atoms with Crippen molar-refractivity contribution in [3.05, 3.63) is 17.0 Å². The van der Waals surface area contributed by atoms with Crippen molar-refractivity contribution in [3.8, 4) is 0 Å². The Morgan fingerprint density at radius 2 is 2.00 bits per heavy atom. The van der Waals surface area contributed by atoms with E-state index in [0.717, 1.165) is 36.3 Å². The van der Waals surface area contributed by atoms with Gasteiger partial charge in [0.05, 0.1) is 0 Å². The lowest BCUT2D eigenvalue weighted by atomic mass is 9.86. The van der Waals surface area contributed by atoms with Crippen LogP contribution in [-0.2, 0) is 0 Å². The van der Waals surface area contributed by atoms with Crippen LogP contribution in [0.25, 0.3) is 5.78 Å². The number of hydrogen-bond donors (Lipinski definition) is 0. The van der Waals surface area contributed by atoms with Gasteiger partial charge in [-0.25, -0.2) is 0 Å². The van der Waals surface area contributed by atoms with E-state index in [1.54, 1.807) is 4.52 Å². The fourth-order valence-corrected chi connectivity index (χ4v) is 3.19. The number of hydrogen-bond acceptors (Lipinski definition) is 4. The molecule has 0 atom stereocenters. The third kappa shape index (κ3) is 2.24. The summed E-state index contributed by atoms with van der Waals surface area (Å²) < 4.78 is 1.80. The molecule has 20 heavy (non-hydrogen) atoms. The molecule has 3 heterocycles. The van der Waals surface area contributed by atoms with Crippen LogP contribution in [0.4, 0.5) is 5.82 Å². The van der Waals surface area contributed by atoms with Crippen LogP contribution in [0.1, 0.15) is 32.3 Å². The average Bonchev–Trinajstić information content (AvgIpc) is 2.88. The SMILES string of the molecule is Cc1c(Cl)nc2ncnn2c1N1CCC(C(C)C)CC1. The van der Waals surface area contributed by atoms with Gasteiger partial charge in [0.15, 0.2) is 0 Å². The Morgan fingerprint density at radius 3 is 2.65 bits per heavy atom. The Kier molecular flexibility index (Phi) is 3.54. The number of halogens is 1. The normalized spacial score (nSPS) is 17.4. The number of fused-ring (bicyclic) bond motifs is 1. The molecule has 0 spiro atoms. The van der Waals surface area contributed by atoms with Gasteiger partial charge in [-0.05, 0) is 31.6 Å². The van der Waals surface area contributed by atoms with Crippen LogP contribution >= 0.6 is 11.6 Å². The lowest BCUT2D eigenvalue weighted by Gasteiger charge is -2.35. The molecule has 0 amide bonds. The van der Waals surface area contributed by atoms with Gasteiger partial charge in [-0.15, -0.1) is 0 Å². The summed E-state index contributed by atoms with van der Waals surface area (Å²) >= 11 is 6.23. The second kappa shape index (κ2) is 5.20. The summed E-state index contributed by atoms with van der Waals surface area (Å²) in [6.07, 6.45) is 3.96. The van der Waals surface area contributed by atoms with Crippen LogP contribution in [-0.4, -0.2) is 32.7 Å². The molecule has 0 bridgehead atoms. The maximum absolute atomic E-state index is 6.23. The maximum atomic E-state index is 6.23. The maximum Gasteiger partial charge on any atom is 0.255 e. The molecule has 0 N–H and O–H groups in total. The second-order valence-electron chi connectivity index (χ2n) is 5.89. The molecular formula is C14H20ClN5. The van der Waals surface area contributed by atoms with E-state index in [1.165, 1.54) is 19.2 Å². The van der Waals surface area contributed by atoms with E-state index in [0.29, 0.717) is 10.9 Å². The first-order valence-corrected chi connectivity index (χ1v) is 7.56. The van der Waals surface area contributed by atoms with Gasteiger partial charge in [-0.3, -0.25) is 0 Å². The van der Waals surface area contributed by atoms with Crippen molar-refractivity contribution in [2.24, 2.45) is 11.8 Å². The van der Waals surface area contributed by atoms with E-state index in [4.69, 9.17) is 11.6 Å². The molecule has 2 aromatic heterocycles. The zero-order valence-corrected chi connectivity index (χ0v) is 12.9. The fourth-order valence-electron chi connectivity index (χ4n) is 3.03. The number of rotatable bonds is 2. The van der Waals surface area contributed by atoms with Crippen LogP contribution in [0.5, 0.6) is 0 Å².